The average Bonchev–Trinajstić information content (AvgIpc) is 2.93. The Balaban J connectivity index is 2.69. The molecule has 0 radical (unpaired) electrons. The van der Waals surface area contributed by atoms with Crippen LogP contribution in [0.1, 0.15) is 149 Å². The molecule has 1 rings (SSSR count). The van der Waals surface area contributed by atoms with E-state index in [-0.39, 0.29) is 11.8 Å². The molecule has 1 fully saturated rings. The zero-order chi connectivity index (χ0) is 29.6. The molecule has 0 spiro atoms. The van der Waals surface area contributed by atoms with Gasteiger partial charge in [-0.15, -0.1) is 0 Å². The van der Waals surface area contributed by atoms with Crippen LogP contribution >= 0.6 is 0 Å². The smallest absolute Gasteiger partial charge is 0.224 e. The van der Waals surface area contributed by atoms with Crippen molar-refractivity contribution in [3.8, 4) is 0 Å². The Morgan fingerprint density at radius 2 is 1.15 bits per heavy atom. The van der Waals surface area contributed by atoms with Crippen LogP contribution in [0.15, 0.2) is 0 Å². The molecule has 1 aliphatic rings. The number of nitrogens with one attached hydrogen (secondary N) is 1. The Morgan fingerprint density at radius 1 is 0.700 bits per heavy atom. The monoisotopic (exact) mass is 570 g/mol. The SMILES string of the molecule is CCCCCCCCCCCCN(C(=O)CCCCCCCCCCC)[C@@H]1O[C@H](CO)[C@@H](O)[C@H](O)[C@H]1NC(C)=O. The highest BCUT2D eigenvalue weighted by atomic mass is 16.5. The number of carbonyl (C=O) groups is 2. The Morgan fingerprint density at radius 3 is 1.60 bits per heavy atom. The molecule has 0 aromatic rings. The molecule has 0 saturated carbocycles. The predicted molar refractivity (Wildman–Crippen MR) is 161 cm³/mol. The van der Waals surface area contributed by atoms with E-state index < -0.39 is 37.2 Å². The predicted octanol–water partition coefficient (Wildman–Crippen LogP) is 5.60. The van der Waals surface area contributed by atoms with Gasteiger partial charge in [0.15, 0.2) is 6.23 Å². The van der Waals surface area contributed by atoms with Gasteiger partial charge in [0.1, 0.15) is 24.4 Å². The van der Waals surface area contributed by atoms with E-state index in [2.05, 4.69) is 19.2 Å². The second kappa shape index (κ2) is 23.4. The zero-order valence-electron chi connectivity index (χ0n) is 26.0. The van der Waals surface area contributed by atoms with Crippen LogP contribution in [0.2, 0.25) is 0 Å². The summed E-state index contributed by atoms with van der Waals surface area (Å²) in [6.07, 6.45) is 18.0. The van der Waals surface area contributed by atoms with Gasteiger partial charge in [0.2, 0.25) is 11.8 Å². The van der Waals surface area contributed by atoms with Crippen LogP contribution < -0.4 is 5.32 Å². The van der Waals surface area contributed by atoms with Gasteiger partial charge in [0, 0.05) is 19.9 Å². The first-order valence-electron chi connectivity index (χ1n) is 16.6. The summed E-state index contributed by atoms with van der Waals surface area (Å²) in [5.74, 6) is -0.447. The van der Waals surface area contributed by atoms with E-state index in [1.807, 2.05) is 0 Å². The Kier molecular flexibility index (Phi) is 21.5. The molecular formula is C32H62N2O6. The maximum atomic E-state index is 13.5. The highest BCUT2D eigenvalue weighted by Crippen LogP contribution is 2.26. The summed E-state index contributed by atoms with van der Waals surface area (Å²) in [6, 6.07) is -0.967. The number of amides is 2. The molecule has 1 heterocycles. The van der Waals surface area contributed by atoms with Crippen LogP contribution in [0.5, 0.6) is 0 Å². The van der Waals surface area contributed by atoms with Gasteiger partial charge in [-0.1, -0.05) is 123 Å². The molecule has 4 N–H and O–H groups in total. The topological polar surface area (TPSA) is 119 Å². The van der Waals surface area contributed by atoms with Gasteiger partial charge in [0.05, 0.1) is 6.61 Å². The molecule has 0 aliphatic carbocycles. The lowest BCUT2D eigenvalue weighted by Gasteiger charge is -2.46. The molecule has 1 saturated heterocycles. The van der Waals surface area contributed by atoms with Gasteiger partial charge < -0.3 is 30.3 Å². The lowest BCUT2D eigenvalue weighted by molar-refractivity contribution is -0.231. The highest BCUT2D eigenvalue weighted by Gasteiger charge is 2.47. The van der Waals surface area contributed by atoms with Gasteiger partial charge in [-0.2, -0.15) is 0 Å². The van der Waals surface area contributed by atoms with Crippen molar-refractivity contribution in [2.75, 3.05) is 13.2 Å². The standard InChI is InChI=1S/C32H62N2O6/c1-4-6-8-10-12-14-16-18-20-22-24-34(28(37)23-21-19-17-15-13-11-9-7-5-2)32-29(33-26(3)36)31(39)30(38)27(25-35)40-32/h27,29-32,35,38-39H,4-25H2,1-3H3,(H,33,36)/t27-,29-,30-,31-,32-/m1/s1. The van der Waals surface area contributed by atoms with Crippen LogP contribution in [-0.4, -0.2) is 75.8 Å². The molecule has 40 heavy (non-hydrogen) atoms. The fraction of sp³-hybridized carbons (Fsp3) is 0.938. The van der Waals surface area contributed by atoms with E-state index in [0.29, 0.717) is 13.0 Å². The molecule has 0 aromatic heterocycles. The minimum Gasteiger partial charge on any atom is -0.394 e. The third-order valence-corrected chi connectivity index (χ3v) is 8.14. The van der Waals surface area contributed by atoms with E-state index in [1.165, 1.54) is 90.4 Å². The molecule has 5 atom stereocenters. The number of hydrogen-bond acceptors (Lipinski definition) is 6. The number of ether oxygens (including phenoxy) is 1. The maximum absolute atomic E-state index is 13.5. The molecule has 0 unspecified atom stereocenters. The Labute approximate surface area is 244 Å². The van der Waals surface area contributed by atoms with Gasteiger partial charge >= 0.3 is 0 Å². The van der Waals surface area contributed by atoms with Gasteiger partial charge in [-0.3, -0.25) is 9.59 Å². The minimum absolute atomic E-state index is 0.0699. The highest BCUT2D eigenvalue weighted by molar-refractivity contribution is 5.77. The lowest BCUT2D eigenvalue weighted by atomic mass is 9.94. The molecule has 8 heteroatoms. The van der Waals surface area contributed by atoms with E-state index in [9.17, 15) is 24.9 Å². The Hall–Kier alpha value is -1.22. The molecule has 2 amide bonds. The number of unbranched alkanes of at least 4 members (excludes halogenated alkanes) is 17. The van der Waals surface area contributed by atoms with Crippen LogP contribution in [0, 0.1) is 0 Å². The number of rotatable bonds is 24. The lowest BCUT2D eigenvalue weighted by Crippen LogP contribution is -2.68. The minimum atomic E-state index is -1.36. The van der Waals surface area contributed by atoms with Crippen LogP contribution in [0.25, 0.3) is 0 Å². The summed E-state index contributed by atoms with van der Waals surface area (Å²) in [6.45, 7) is 5.76. The number of nitrogens with zero attached hydrogens (tertiary/aromatic N) is 1. The average molecular weight is 571 g/mol. The van der Waals surface area contributed by atoms with E-state index in [1.54, 1.807) is 4.90 Å². The first-order valence-corrected chi connectivity index (χ1v) is 16.6. The quantitative estimate of drug-likeness (QED) is 0.112. The van der Waals surface area contributed by atoms with E-state index in [0.717, 1.165) is 38.5 Å². The molecular weight excluding hydrogens is 508 g/mol. The largest absolute Gasteiger partial charge is 0.394 e. The first-order chi connectivity index (χ1) is 19.4. The van der Waals surface area contributed by atoms with Crippen LogP contribution in [0.4, 0.5) is 0 Å². The van der Waals surface area contributed by atoms with Crippen molar-refractivity contribution < 1.29 is 29.6 Å². The summed E-state index contributed by atoms with van der Waals surface area (Å²) >= 11 is 0. The van der Waals surface area contributed by atoms with Crippen LogP contribution in [0.3, 0.4) is 0 Å². The second-order valence-electron chi connectivity index (χ2n) is 11.8. The summed E-state index contributed by atoms with van der Waals surface area (Å²) in [7, 11) is 0. The van der Waals surface area contributed by atoms with Crippen LogP contribution in [-0.2, 0) is 14.3 Å². The fourth-order valence-electron chi connectivity index (χ4n) is 5.65. The third kappa shape index (κ3) is 15.1. The van der Waals surface area contributed by atoms with Crippen molar-refractivity contribution in [2.45, 2.75) is 180 Å². The van der Waals surface area contributed by atoms with Gasteiger partial charge in [-0.25, -0.2) is 0 Å². The second-order valence-corrected chi connectivity index (χ2v) is 11.8. The molecule has 1 aliphatic heterocycles. The fourth-order valence-corrected chi connectivity index (χ4v) is 5.65. The number of hydrogen-bond donors (Lipinski definition) is 4. The zero-order valence-corrected chi connectivity index (χ0v) is 26.0. The third-order valence-electron chi connectivity index (χ3n) is 8.14. The normalized spacial score (nSPS) is 22.8. The molecule has 8 nitrogen and oxygen atoms in total. The van der Waals surface area contributed by atoms with Crippen molar-refractivity contribution in [3.63, 3.8) is 0 Å². The first kappa shape index (κ1) is 36.8. The van der Waals surface area contributed by atoms with Crippen molar-refractivity contribution in [1.82, 2.24) is 10.2 Å². The Bertz CT molecular complexity index is 649. The van der Waals surface area contributed by atoms with Gasteiger partial charge in [0.25, 0.3) is 0 Å². The summed E-state index contributed by atoms with van der Waals surface area (Å²) < 4.78 is 5.98. The van der Waals surface area contributed by atoms with Crippen molar-refractivity contribution in [1.29, 1.82) is 0 Å². The number of aliphatic hydroxyl groups excluding tert-OH is 3. The maximum Gasteiger partial charge on any atom is 0.224 e. The molecule has 0 aromatic carbocycles. The van der Waals surface area contributed by atoms with Gasteiger partial charge in [-0.05, 0) is 12.8 Å². The van der Waals surface area contributed by atoms with E-state index in [4.69, 9.17) is 4.74 Å². The van der Waals surface area contributed by atoms with E-state index >= 15 is 0 Å². The van der Waals surface area contributed by atoms with Crippen molar-refractivity contribution in [2.24, 2.45) is 0 Å². The summed E-state index contributed by atoms with van der Waals surface area (Å²) in [5, 5.41) is 33.7. The molecule has 236 valence electrons. The van der Waals surface area contributed by atoms with Crippen molar-refractivity contribution in [3.05, 3.63) is 0 Å². The summed E-state index contributed by atoms with van der Waals surface area (Å²) in [5.41, 5.74) is 0. The number of carbonyl (C=O) groups excluding carboxylic acids is 2. The molecule has 0 bridgehead atoms. The van der Waals surface area contributed by atoms with Crippen molar-refractivity contribution >= 4 is 11.8 Å². The number of aliphatic hydroxyl groups is 3. The summed E-state index contributed by atoms with van der Waals surface area (Å²) in [4.78, 5) is 27.1.